The number of anilines is 1. The first-order valence-corrected chi connectivity index (χ1v) is 8.18. The summed E-state index contributed by atoms with van der Waals surface area (Å²) in [4.78, 5) is 11.1. The van der Waals surface area contributed by atoms with E-state index in [2.05, 4.69) is 25.4 Å². The van der Waals surface area contributed by atoms with Crippen LogP contribution in [0.1, 0.15) is 18.9 Å². The maximum absolute atomic E-state index is 11.8. The third kappa shape index (κ3) is 5.19. The molecule has 0 saturated carbocycles. The van der Waals surface area contributed by atoms with Crippen molar-refractivity contribution in [1.29, 1.82) is 5.26 Å². The van der Waals surface area contributed by atoms with E-state index in [4.69, 9.17) is 5.26 Å². The predicted octanol–water partition coefficient (Wildman–Crippen LogP) is 2.02. The Morgan fingerprint density at radius 2 is 2.20 bits per heavy atom. The molecule has 0 amide bonds. The van der Waals surface area contributed by atoms with Gasteiger partial charge in [0.05, 0.1) is 30.0 Å². The zero-order chi connectivity index (χ0) is 15.2. The van der Waals surface area contributed by atoms with Gasteiger partial charge in [0.2, 0.25) is 10.0 Å². The summed E-state index contributed by atoms with van der Waals surface area (Å²) < 4.78 is 31.3. The van der Waals surface area contributed by atoms with Crippen LogP contribution in [0.4, 0.5) is 5.69 Å². The van der Waals surface area contributed by atoms with E-state index < -0.39 is 21.7 Å². The van der Waals surface area contributed by atoms with Crippen LogP contribution in [0.25, 0.3) is 0 Å². The van der Waals surface area contributed by atoms with Crippen LogP contribution in [0, 0.1) is 11.3 Å². The summed E-state index contributed by atoms with van der Waals surface area (Å²) in [5.41, 5.74) is 0.374. The summed E-state index contributed by atoms with van der Waals surface area (Å²) in [6.07, 6.45) is -0.235. The van der Waals surface area contributed by atoms with E-state index >= 15 is 0 Å². The average molecular weight is 361 g/mol. The Hall–Kier alpha value is -1.59. The molecule has 0 radical (unpaired) electrons. The molecular formula is C12H13BrN2O4S. The summed E-state index contributed by atoms with van der Waals surface area (Å²) in [5.74, 6) is -0.971. The highest BCUT2D eigenvalue weighted by molar-refractivity contribution is 9.10. The van der Waals surface area contributed by atoms with Crippen LogP contribution in [0.5, 0.6) is 0 Å². The van der Waals surface area contributed by atoms with Gasteiger partial charge in [0.1, 0.15) is 6.07 Å². The van der Waals surface area contributed by atoms with Gasteiger partial charge in [0.15, 0.2) is 0 Å². The first kappa shape index (κ1) is 16.5. The largest absolute Gasteiger partial charge is 0.466 e. The van der Waals surface area contributed by atoms with E-state index in [0.29, 0.717) is 4.47 Å². The number of carbonyl (C=O) groups excluding carboxylic acids is 1. The monoisotopic (exact) mass is 360 g/mol. The molecule has 0 aliphatic carbocycles. The minimum Gasteiger partial charge on any atom is -0.466 e. The zero-order valence-electron chi connectivity index (χ0n) is 10.7. The van der Waals surface area contributed by atoms with Crippen LogP contribution >= 0.6 is 15.9 Å². The Morgan fingerprint density at radius 1 is 1.50 bits per heavy atom. The van der Waals surface area contributed by atoms with Crippen molar-refractivity contribution in [3.05, 3.63) is 28.2 Å². The molecular weight excluding hydrogens is 348 g/mol. The van der Waals surface area contributed by atoms with E-state index in [0.717, 1.165) is 0 Å². The highest BCUT2D eigenvalue weighted by atomic mass is 79.9. The van der Waals surface area contributed by atoms with Gasteiger partial charge in [0, 0.05) is 4.47 Å². The van der Waals surface area contributed by atoms with E-state index in [1.165, 1.54) is 12.1 Å². The zero-order valence-corrected chi connectivity index (χ0v) is 13.1. The molecule has 6 nitrogen and oxygen atoms in total. The second kappa shape index (κ2) is 7.26. The lowest BCUT2D eigenvalue weighted by Crippen LogP contribution is -2.20. The number of halogens is 1. The van der Waals surface area contributed by atoms with E-state index in [1.54, 1.807) is 13.0 Å². The lowest BCUT2D eigenvalue weighted by Gasteiger charge is -2.09. The quantitative estimate of drug-likeness (QED) is 0.782. The molecule has 0 unspecified atom stereocenters. The molecule has 20 heavy (non-hydrogen) atoms. The summed E-state index contributed by atoms with van der Waals surface area (Å²) >= 11 is 3.19. The molecule has 1 aromatic carbocycles. The Balaban J connectivity index is 2.77. The minimum absolute atomic E-state index is 0.180. The first-order chi connectivity index (χ1) is 9.38. The standard InChI is InChI=1S/C12H13BrN2O4S/c1-2-19-12(16)5-6-20(17,18)15-11-4-3-10(13)7-9(11)8-14/h3-4,7,15H,2,5-6H2,1H3. The Morgan fingerprint density at radius 3 is 2.80 bits per heavy atom. The van der Waals surface area contributed by atoms with Gasteiger partial charge in [-0.05, 0) is 25.1 Å². The number of hydrogen-bond acceptors (Lipinski definition) is 5. The molecule has 0 aromatic heterocycles. The Bertz CT molecular complexity index is 637. The molecule has 1 N–H and O–H groups in total. The second-order valence-electron chi connectivity index (χ2n) is 3.78. The molecule has 1 rings (SSSR count). The number of carbonyl (C=O) groups is 1. The number of hydrogen-bond donors (Lipinski definition) is 1. The van der Waals surface area contributed by atoms with Crippen LogP contribution in [0.3, 0.4) is 0 Å². The van der Waals surface area contributed by atoms with Gasteiger partial charge < -0.3 is 4.74 Å². The number of ether oxygens (including phenoxy) is 1. The fourth-order valence-corrected chi connectivity index (χ4v) is 2.78. The summed E-state index contributed by atoms with van der Waals surface area (Å²) in [5, 5.41) is 8.95. The number of sulfonamides is 1. The molecule has 8 heteroatoms. The van der Waals surface area contributed by atoms with E-state index in [-0.39, 0.29) is 24.3 Å². The maximum atomic E-state index is 11.8. The molecule has 0 heterocycles. The SMILES string of the molecule is CCOC(=O)CCS(=O)(=O)Nc1ccc(Br)cc1C#N. The van der Waals surface area contributed by atoms with Gasteiger partial charge in [-0.1, -0.05) is 15.9 Å². The van der Waals surface area contributed by atoms with Gasteiger partial charge in [-0.2, -0.15) is 5.26 Å². The van der Waals surface area contributed by atoms with Crippen molar-refractivity contribution >= 4 is 37.6 Å². The number of rotatable bonds is 6. The lowest BCUT2D eigenvalue weighted by molar-refractivity contribution is -0.142. The molecule has 0 fully saturated rings. The molecule has 1 aromatic rings. The second-order valence-corrected chi connectivity index (χ2v) is 6.54. The summed E-state index contributed by atoms with van der Waals surface area (Å²) in [6.45, 7) is 1.85. The van der Waals surface area contributed by atoms with Crippen molar-refractivity contribution in [2.24, 2.45) is 0 Å². The number of nitriles is 1. The Kier molecular flexibility index (Phi) is 5.98. The maximum Gasteiger partial charge on any atom is 0.306 e. The van der Waals surface area contributed by atoms with Crippen molar-refractivity contribution in [2.45, 2.75) is 13.3 Å². The fraction of sp³-hybridized carbons (Fsp3) is 0.333. The van der Waals surface area contributed by atoms with Gasteiger partial charge in [-0.25, -0.2) is 8.42 Å². The molecule has 0 saturated heterocycles. The highest BCUT2D eigenvalue weighted by Crippen LogP contribution is 2.21. The van der Waals surface area contributed by atoms with Crippen LogP contribution in [-0.4, -0.2) is 26.7 Å². The van der Waals surface area contributed by atoms with Crippen LogP contribution < -0.4 is 4.72 Å². The first-order valence-electron chi connectivity index (χ1n) is 5.73. The normalized spacial score (nSPS) is 10.7. The van der Waals surface area contributed by atoms with Crippen molar-refractivity contribution in [3.63, 3.8) is 0 Å². The molecule has 0 aliphatic rings. The molecule has 108 valence electrons. The molecule has 0 spiro atoms. The van der Waals surface area contributed by atoms with E-state index in [9.17, 15) is 13.2 Å². The average Bonchev–Trinajstić information content (AvgIpc) is 2.39. The van der Waals surface area contributed by atoms with Crippen LogP contribution in [-0.2, 0) is 19.6 Å². The summed E-state index contributed by atoms with van der Waals surface area (Å²) in [6, 6.07) is 6.49. The van der Waals surface area contributed by atoms with Crippen molar-refractivity contribution < 1.29 is 17.9 Å². The van der Waals surface area contributed by atoms with Gasteiger partial charge in [-0.15, -0.1) is 0 Å². The van der Waals surface area contributed by atoms with Gasteiger partial charge >= 0.3 is 5.97 Å². The predicted molar refractivity (Wildman–Crippen MR) is 77.5 cm³/mol. The Labute approximate surface area is 125 Å². The summed E-state index contributed by atoms with van der Waals surface area (Å²) in [7, 11) is -3.71. The third-order valence-electron chi connectivity index (χ3n) is 2.25. The van der Waals surface area contributed by atoms with Crippen LogP contribution in [0.2, 0.25) is 0 Å². The van der Waals surface area contributed by atoms with Gasteiger partial charge in [0.25, 0.3) is 0 Å². The minimum atomic E-state index is -3.71. The van der Waals surface area contributed by atoms with Gasteiger partial charge in [-0.3, -0.25) is 9.52 Å². The third-order valence-corrected chi connectivity index (χ3v) is 4.01. The highest BCUT2D eigenvalue weighted by Gasteiger charge is 2.16. The van der Waals surface area contributed by atoms with Crippen molar-refractivity contribution in [1.82, 2.24) is 0 Å². The number of nitrogens with one attached hydrogen (secondary N) is 1. The topological polar surface area (TPSA) is 96.3 Å². The van der Waals surface area contributed by atoms with Crippen molar-refractivity contribution in [2.75, 3.05) is 17.1 Å². The smallest absolute Gasteiger partial charge is 0.306 e. The molecule has 0 atom stereocenters. The van der Waals surface area contributed by atoms with Crippen LogP contribution in [0.15, 0.2) is 22.7 Å². The molecule has 0 aliphatic heterocycles. The number of nitrogens with zero attached hydrogens (tertiary/aromatic N) is 1. The fourth-order valence-electron chi connectivity index (χ4n) is 1.37. The number of esters is 1. The molecule has 0 bridgehead atoms. The lowest BCUT2D eigenvalue weighted by atomic mass is 10.2. The van der Waals surface area contributed by atoms with E-state index in [1.807, 2.05) is 6.07 Å². The van der Waals surface area contributed by atoms with Crippen molar-refractivity contribution in [3.8, 4) is 6.07 Å². The number of benzene rings is 1.